The van der Waals surface area contributed by atoms with Gasteiger partial charge in [-0.05, 0) is 6.42 Å². The lowest BCUT2D eigenvalue weighted by Gasteiger charge is -2.12. The molecule has 0 unspecified atom stereocenters. The van der Waals surface area contributed by atoms with Crippen LogP contribution in [-0.2, 0) is 4.79 Å². The van der Waals surface area contributed by atoms with Gasteiger partial charge in [0.1, 0.15) is 5.78 Å². The molecule has 0 aromatic heterocycles. The molecule has 0 aromatic carbocycles. The van der Waals surface area contributed by atoms with Gasteiger partial charge in [0.25, 0.3) is 0 Å². The monoisotopic (exact) mass is 240 g/mol. The largest absolute Gasteiger partial charge is 0.392 e. The Morgan fingerprint density at radius 2 is 1.88 bits per heavy atom. The number of Topliss-reactive ketones (excluding diaryl/α,β-unsaturated/α-hetero) is 1. The van der Waals surface area contributed by atoms with E-state index in [1.807, 2.05) is 6.92 Å². The third kappa shape index (κ3) is 9.96. The summed E-state index contributed by atoms with van der Waals surface area (Å²) in [5, 5.41) is 9.02. The van der Waals surface area contributed by atoms with Crippen LogP contribution in [-0.4, -0.2) is 23.2 Å². The van der Waals surface area contributed by atoms with E-state index >= 15 is 0 Å². The Balaban J connectivity index is 3.62. The van der Waals surface area contributed by atoms with Crippen molar-refractivity contribution in [3.8, 4) is 0 Å². The van der Waals surface area contributed by atoms with Gasteiger partial charge in [0, 0.05) is 12.8 Å². The molecular formula is C11H19F3O2. The van der Waals surface area contributed by atoms with Gasteiger partial charge in [-0.1, -0.05) is 26.2 Å². The summed E-state index contributed by atoms with van der Waals surface area (Å²) < 4.78 is 35.5. The Morgan fingerprint density at radius 1 is 1.25 bits per heavy atom. The Hall–Kier alpha value is -0.580. The first-order chi connectivity index (χ1) is 7.35. The van der Waals surface area contributed by atoms with Crippen molar-refractivity contribution in [1.29, 1.82) is 0 Å². The first-order valence-corrected chi connectivity index (χ1v) is 5.61. The Morgan fingerprint density at radius 3 is 2.38 bits per heavy atom. The van der Waals surface area contributed by atoms with Gasteiger partial charge in [0.15, 0.2) is 0 Å². The number of carbonyl (C=O) groups is 1. The van der Waals surface area contributed by atoms with Crippen molar-refractivity contribution in [2.24, 2.45) is 0 Å². The van der Waals surface area contributed by atoms with Crippen molar-refractivity contribution < 1.29 is 23.1 Å². The number of rotatable bonds is 8. The minimum absolute atomic E-state index is 0.273. The molecule has 0 bridgehead atoms. The molecule has 0 saturated carbocycles. The molecule has 96 valence electrons. The van der Waals surface area contributed by atoms with Crippen LogP contribution in [0.25, 0.3) is 0 Å². The van der Waals surface area contributed by atoms with Gasteiger partial charge < -0.3 is 5.11 Å². The first kappa shape index (κ1) is 15.4. The van der Waals surface area contributed by atoms with Crippen molar-refractivity contribution in [3.63, 3.8) is 0 Å². The molecule has 16 heavy (non-hydrogen) atoms. The minimum Gasteiger partial charge on any atom is -0.392 e. The molecule has 0 aliphatic heterocycles. The van der Waals surface area contributed by atoms with Crippen LogP contribution in [0.2, 0.25) is 0 Å². The van der Waals surface area contributed by atoms with Gasteiger partial charge in [-0.3, -0.25) is 4.79 Å². The summed E-state index contributed by atoms with van der Waals surface area (Å²) in [5.41, 5.74) is 0. The molecular weight excluding hydrogens is 221 g/mol. The summed E-state index contributed by atoms with van der Waals surface area (Å²) in [6.45, 7) is 2.04. The smallest absolute Gasteiger partial charge is 0.391 e. The van der Waals surface area contributed by atoms with E-state index in [1.165, 1.54) is 0 Å². The molecule has 1 atom stereocenters. The standard InChI is InChI=1S/C11H19F3O2/c1-2-3-4-5-6-9(15)7-10(16)8-11(12,13)14/h10,16H,2-8H2,1H3/t10-/m1/s1. The van der Waals surface area contributed by atoms with E-state index in [0.717, 1.165) is 19.3 Å². The predicted molar refractivity (Wildman–Crippen MR) is 55.1 cm³/mol. The van der Waals surface area contributed by atoms with Crippen molar-refractivity contribution >= 4 is 5.78 Å². The molecule has 1 N–H and O–H groups in total. The van der Waals surface area contributed by atoms with Crippen LogP contribution < -0.4 is 0 Å². The lowest BCUT2D eigenvalue weighted by atomic mass is 10.0. The topological polar surface area (TPSA) is 37.3 Å². The highest BCUT2D eigenvalue weighted by atomic mass is 19.4. The number of hydrogen-bond donors (Lipinski definition) is 1. The molecule has 0 spiro atoms. The minimum atomic E-state index is -4.40. The van der Waals surface area contributed by atoms with E-state index in [4.69, 9.17) is 5.11 Å². The molecule has 5 heteroatoms. The summed E-state index contributed by atoms with van der Waals surface area (Å²) in [4.78, 5) is 11.2. The van der Waals surface area contributed by atoms with Crippen molar-refractivity contribution in [2.75, 3.05) is 0 Å². The lowest BCUT2D eigenvalue weighted by Crippen LogP contribution is -2.22. The second kappa shape index (κ2) is 7.65. The number of aliphatic hydroxyl groups is 1. The Bertz CT molecular complexity index is 202. The summed E-state index contributed by atoms with van der Waals surface area (Å²) >= 11 is 0. The molecule has 0 heterocycles. The van der Waals surface area contributed by atoms with Crippen LogP contribution >= 0.6 is 0 Å². The van der Waals surface area contributed by atoms with Crippen molar-refractivity contribution in [1.82, 2.24) is 0 Å². The summed E-state index contributed by atoms with van der Waals surface area (Å²) in [7, 11) is 0. The fraction of sp³-hybridized carbons (Fsp3) is 0.909. The summed E-state index contributed by atoms with van der Waals surface area (Å²) in [6.07, 6.45) is -3.71. The number of alkyl halides is 3. The molecule has 0 aliphatic carbocycles. The zero-order valence-electron chi connectivity index (χ0n) is 9.52. The maximum atomic E-state index is 11.8. The maximum Gasteiger partial charge on any atom is 0.391 e. The van der Waals surface area contributed by atoms with E-state index < -0.39 is 18.7 Å². The highest BCUT2D eigenvalue weighted by Gasteiger charge is 2.31. The van der Waals surface area contributed by atoms with Gasteiger partial charge in [-0.25, -0.2) is 0 Å². The quantitative estimate of drug-likeness (QED) is 0.661. The molecule has 0 amide bonds. The number of ketones is 1. The van der Waals surface area contributed by atoms with Crippen LogP contribution in [0.15, 0.2) is 0 Å². The summed E-state index contributed by atoms with van der Waals surface area (Å²) in [6, 6.07) is 0. The highest BCUT2D eigenvalue weighted by molar-refractivity contribution is 5.78. The third-order valence-corrected chi connectivity index (χ3v) is 2.24. The highest BCUT2D eigenvalue weighted by Crippen LogP contribution is 2.23. The number of hydrogen-bond acceptors (Lipinski definition) is 2. The van der Waals surface area contributed by atoms with Gasteiger partial charge in [0.05, 0.1) is 12.5 Å². The average Bonchev–Trinajstić information content (AvgIpc) is 2.09. The van der Waals surface area contributed by atoms with Gasteiger partial charge >= 0.3 is 6.18 Å². The normalized spacial score (nSPS) is 13.8. The third-order valence-electron chi connectivity index (χ3n) is 2.24. The average molecular weight is 240 g/mol. The molecule has 0 saturated heterocycles. The molecule has 0 aromatic rings. The second-order valence-electron chi connectivity index (χ2n) is 4.03. The number of carbonyl (C=O) groups excluding carboxylic acids is 1. The van der Waals surface area contributed by atoms with Crippen LogP contribution in [0, 0.1) is 0 Å². The van der Waals surface area contributed by atoms with Gasteiger partial charge in [0.2, 0.25) is 0 Å². The van der Waals surface area contributed by atoms with Crippen LogP contribution in [0.4, 0.5) is 13.2 Å². The fourth-order valence-electron chi connectivity index (χ4n) is 1.45. The zero-order valence-corrected chi connectivity index (χ0v) is 9.52. The fourth-order valence-corrected chi connectivity index (χ4v) is 1.45. The van der Waals surface area contributed by atoms with Crippen LogP contribution in [0.5, 0.6) is 0 Å². The van der Waals surface area contributed by atoms with Crippen molar-refractivity contribution in [3.05, 3.63) is 0 Å². The second-order valence-corrected chi connectivity index (χ2v) is 4.03. The number of halogens is 3. The number of aliphatic hydroxyl groups excluding tert-OH is 1. The molecule has 0 radical (unpaired) electrons. The van der Waals surface area contributed by atoms with Crippen LogP contribution in [0.3, 0.4) is 0 Å². The summed E-state index contributed by atoms with van der Waals surface area (Å²) in [5.74, 6) is -0.284. The Kier molecular flexibility index (Phi) is 7.38. The van der Waals surface area contributed by atoms with E-state index in [2.05, 4.69) is 0 Å². The molecule has 0 fully saturated rings. The van der Waals surface area contributed by atoms with Crippen molar-refractivity contribution in [2.45, 2.75) is 64.1 Å². The van der Waals surface area contributed by atoms with E-state index in [9.17, 15) is 18.0 Å². The van der Waals surface area contributed by atoms with Gasteiger partial charge in [-0.2, -0.15) is 13.2 Å². The first-order valence-electron chi connectivity index (χ1n) is 5.61. The zero-order chi connectivity index (χ0) is 12.6. The van der Waals surface area contributed by atoms with Gasteiger partial charge in [-0.15, -0.1) is 0 Å². The Labute approximate surface area is 93.8 Å². The molecule has 2 nitrogen and oxygen atoms in total. The van der Waals surface area contributed by atoms with E-state index in [-0.39, 0.29) is 18.6 Å². The lowest BCUT2D eigenvalue weighted by molar-refractivity contribution is -0.155. The molecule has 0 rings (SSSR count). The molecule has 0 aliphatic rings. The van der Waals surface area contributed by atoms with E-state index in [0.29, 0.717) is 6.42 Å². The maximum absolute atomic E-state index is 11.8. The van der Waals surface area contributed by atoms with E-state index in [1.54, 1.807) is 0 Å². The predicted octanol–water partition coefficient (Wildman–Crippen LogP) is 3.23. The SMILES string of the molecule is CCCCCCC(=O)C[C@@H](O)CC(F)(F)F. The number of unbranched alkanes of at least 4 members (excludes halogenated alkanes) is 3. The van der Waals surface area contributed by atoms with Crippen LogP contribution in [0.1, 0.15) is 51.9 Å².